The van der Waals surface area contributed by atoms with Crippen molar-refractivity contribution in [1.29, 1.82) is 0 Å². The quantitative estimate of drug-likeness (QED) is 0.585. The standard InChI is InChI=1S/C17H19N3O3/c1-3-23-16-10-13(8-9-15(16)21)11-18-20-17(22)19-14-7-5-4-6-12(14)2/h4-11,21H,3H2,1-2H3,(H2,19,20,22)/b18-11-. The van der Waals surface area contributed by atoms with E-state index in [2.05, 4.69) is 15.8 Å². The molecule has 2 aromatic rings. The third-order valence-corrected chi connectivity index (χ3v) is 3.06. The summed E-state index contributed by atoms with van der Waals surface area (Å²) < 4.78 is 5.29. The molecule has 0 aliphatic heterocycles. The maximum absolute atomic E-state index is 11.8. The number of carbonyl (C=O) groups is 1. The van der Waals surface area contributed by atoms with Crippen LogP contribution in [0, 0.1) is 6.92 Å². The van der Waals surface area contributed by atoms with Crippen LogP contribution in [0.5, 0.6) is 11.5 Å². The highest BCUT2D eigenvalue weighted by atomic mass is 16.5. The van der Waals surface area contributed by atoms with Crippen LogP contribution in [0.3, 0.4) is 0 Å². The van der Waals surface area contributed by atoms with Crippen molar-refractivity contribution in [2.24, 2.45) is 5.10 Å². The van der Waals surface area contributed by atoms with Crippen LogP contribution >= 0.6 is 0 Å². The summed E-state index contributed by atoms with van der Waals surface area (Å²) in [4.78, 5) is 11.8. The maximum Gasteiger partial charge on any atom is 0.339 e. The topological polar surface area (TPSA) is 83.0 Å². The number of carbonyl (C=O) groups excluding carboxylic acids is 1. The van der Waals surface area contributed by atoms with Gasteiger partial charge in [-0.25, -0.2) is 10.2 Å². The summed E-state index contributed by atoms with van der Waals surface area (Å²) in [5.74, 6) is 0.440. The lowest BCUT2D eigenvalue weighted by Crippen LogP contribution is -2.24. The molecule has 120 valence electrons. The van der Waals surface area contributed by atoms with Crippen molar-refractivity contribution in [2.75, 3.05) is 11.9 Å². The van der Waals surface area contributed by atoms with Crippen LogP contribution in [-0.4, -0.2) is 24.0 Å². The van der Waals surface area contributed by atoms with E-state index in [1.807, 2.05) is 38.1 Å². The summed E-state index contributed by atoms with van der Waals surface area (Å²) in [5.41, 5.74) is 4.78. The van der Waals surface area contributed by atoms with Crippen molar-refractivity contribution in [2.45, 2.75) is 13.8 Å². The van der Waals surface area contributed by atoms with Gasteiger partial charge in [-0.3, -0.25) is 0 Å². The molecule has 6 nitrogen and oxygen atoms in total. The first-order chi connectivity index (χ1) is 11.1. The van der Waals surface area contributed by atoms with Crippen LogP contribution < -0.4 is 15.5 Å². The fourth-order valence-electron chi connectivity index (χ4n) is 1.91. The lowest BCUT2D eigenvalue weighted by atomic mass is 10.2. The summed E-state index contributed by atoms with van der Waals surface area (Å²) >= 11 is 0. The van der Waals surface area contributed by atoms with E-state index in [4.69, 9.17) is 4.74 Å². The van der Waals surface area contributed by atoms with Crippen LogP contribution in [0.1, 0.15) is 18.1 Å². The number of hydrogen-bond acceptors (Lipinski definition) is 4. The molecule has 0 spiro atoms. The Labute approximate surface area is 134 Å². The number of hydrazone groups is 1. The summed E-state index contributed by atoms with van der Waals surface area (Å²) in [6.45, 7) is 4.19. The number of hydrogen-bond donors (Lipinski definition) is 3. The van der Waals surface area contributed by atoms with Crippen LogP contribution in [0.15, 0.2) is 47.6 Å². The molecule has 2 amide bonds. The van der Waals surface area contributed by atoms with Gasteiger partial charge in [0, 0.05) is 5.69 Å². The molecule has 0 aliphatic carbocycles. The van der Waals surface area contributed by atoms with Crippen LogP contribution in [-0.2, 0) is 0 Å². The zero-order valence-corrected chi connectivity index (χ0v) is 13.0. The highest BCUT2D eigenvalue weighted by molar-refractivity contribution is 5.91. The Bertz CT molecular complexity index is 714. The second-order valence-corrected chi connectivity index (χ2v) is 4.80. The molecule has 0 aliphatic rings. The van der Waals surface area contributed by atoms with E-state index in [-0.39, 0.29) is 5.75 Å². The summed E-state index contributed by atoms with van der Waals surface area (Å²) in [7, 11) is 0. The lowest BCUT2D eigenvalue weighted by molar-refractivity contribution is 0.252. The Hall–Kier alpha value is -3.02. The van der Waals surface area contributed by atoms with Crippen molar-refractivity contribution in [3.63, 3.8) is 0 Å². The molecule has 0 unspecified atom stereocenters. The SMILES string of the molecule is CCOc1cc(/C=N\NC(=O)Nc2ccccc2C)ccc1O. The molecule has 0 saturated carbocycles. The smallest absolute Gasteiger partial charge is 0.339 e. The van der Waals surface area contributed by atoms with Crippen molar-refractivity contribution >= 4 is 17.9 Å². The number of benzene rings is 2. The Kier molecular flexibility index (Phi) is 5.57. The zero-order valence-electron chi connectivity index (χ0n) is 13.0. The summed E-state index contributed by atoms with van der Waals surface area (Å²) in [6.07, 6.45) is 1.47. The van der Waals surface area contributed by atoms with Gasteiger partial charge in [0.25, 0.3) is 0 Å². The predicted octanol–water partition coefficient (Wildman–Crippen LogP) is 3.25. The van der Waals surface area contributed by atoms with E-state index in [0.29, 0.717) is 17.9 Å². The van der Waals surface area contributed by atoms with Gasteiger partial charge in [-0.1, -0.05) is 18.2 Å². The first-order valence-electron chi connectivity index (χ1n) is 7.21. The maximum atomic E-state index is 11.8. The largest absolute Gasteiger partial charge is 0.504 e. The summed E-state index contributed by atoms with van der Waals surface area (Å²) in [6, 6.07) is 11.9. The van der Waals surface area contributed by atoms with Crippen LogP contribution in [0.2, 0.25) is 0 Å². The van der Waals surface area contributed by atoms with E-state index in [0.717, 1.165) is 11.3 Å². The first-order valence-corrected chi connectivity index (χ1v) is 7.21. The number of aromatic hydroxyl groups is 1. The number of ether oxygens (including phenoxy) is 1. The number of anilines is 1. The van der Waals surface area contributed by atoms with Gasteiger partial charge in [-0.2, -0.15) is 5.10 Å². The zero-order chi connectivity index (χ0) is 16.7. The van der Waals surface area contributed by atoms with Crippen molar-refractivity contribution in [3.05, 3.63) is 53.6 Å². The number of nitrogens with one attached hydrogen (secondary N) is 2. The van der Waals surface area contributed by atoms with E-state index < -0.39 is 6.03 Å². The lowest BCUT2D eigenvalue weighted by Gasteiger charge is -2.07. The number of amides is 2. The minimum absolute atomic E-state index is 0.0641. The fourth-order valence-corrected chi connectivity index (χ4v) is 1.91. The monoisotopic (exact) mass is 313 g/mol. The summed E-state index contributed by atoms with van der Waals surface area (Å²) in [5, 5.41) is 16.2. The Morgan fingerprint density at radius 3 is 2.83 bits per heavy atom. The minimum Gasteiger partial charge on any atom is -0.504 e. The molecule has 0 fully saturated rings. The van der Waals surface area contributed by atoms with Gasteiger partial charge >= 0.3 is 6.03 Å². The number of rotatable bonds is 5. The third kappa shape index (κ3) is 4.74. The molecule has 2 aromatic carbocycles. The van der Waals surface area contributed by atoms with Crippen LogP contribution in [0.25, 0.3) is 0 Å². The highest BCUT2D eigenvalue weighted by Crippen LogP contribution is 2.26. The second kappa shape index (κ2) is 7.84. The van der Waals surface area contributed by atoms with Crippen molar-refractivity contribution in [3.8, 4) is 11.5 Å². The predicted molar refractivity (Wildman–Crippen MR) is 90.2 cm³/mol. The molecule has 0 radical (unpaired) electrons. The second-order valence-electron chi connectivity index (χ2n) is 4.80. The number of para-hydroxylation sites is 1. The molecule has 0 bridgehead atoms. The molecule has 0 atom stereocenters. The highest BCUT2D eigenvalue weighted by Gasteiger charge is 2.03. The number of urea groups is 1. The van der Waals surface area contributed by atoms with Crippen molar-refractivity contribution in [1.82, 2.24) is 5.43 Å². The molecule has 23 heavy (non-hydrogen) atoms. The van der Waals surface area contributed by atoms with Gasteiger partial charge in [0.15, 0.2) is 11.5 Å². The van der Waals surface area contributed by atoms with Gasteiger partial charge in [0.05, 0.1) is 12.8 Å². The van der Waals surface area contributed by atoms with Gasteiger partial charge in [-0.05, 0) is 49.2 Å². The Morgan fingerprint density at radius 2 is 2.09 bits per heavy atom. The van der Waals surface area contributed by atoms with E-state index in [9.17, 15) is 9.90 Å². The number of phenolic OH excluding ortho intramolecular Hbond substituents is 1. The molecule has 2 rings (SSSR count). The Morgan fingerprint density at radius 1 is 1.30 bits per heavy atom. The fraction of sp³-hybridized carbons (Fsp3) is 0.176. The number of nitrogens with zero attached hydrogens (tertiary/aromatic N) is 1. The van der Waals surface area contributed by atoms with Crippen molar-refractivity contribution < 1.29 is 14.6 Å². The Balaban J connectivity index is 1.95. The van der Waals surface area contributed by atoms with Gasteiger partial charge in [0.2, 0.25) is 0 Å². The van der Waals surface area contributed by atoms with Gasteiger partial charge in [-0.15, -0.1) is 0 Å². The normalized spacial score (nSPS) is 10.5. The van der Waals surface area contributed by atoms with E-state index in [1.165, 1.54) is 12.3 Å². The molecule has 0 heterocycles. The van der Waals surface area contributed by atoms with Gasteiger partial charge < -0.3 is 15.2 Å². The minimum atomic E-state index is -0.431. The average Bonchev–Trinajstić information content (AvgIpc) is 2.53. The van der Waals surface area contributed by atoms with Crippen LogP contribution in [0.4, 0.5) is 10.5 Å². The molecular weight excluding hydrogens is 294 g/mol. The first kappa shape index (κ1) is 16.4. The molecule has 0 saturated heterocycles. The molecular formula is C17H19N3O3. The molecule has 3 N–H and O–H groups in total. The average molecular weight is 313 g/mol. The van der Waals surface area contributed by atoms with E-state index >= 15 is 0 Å². The van der Waals surface area contributed by atoms with E-state index in [1.54, 1.807) is 12.1 Å². The molecule has 0 aromatic heterocycles. The van der Waals surface area contributed by atoms with Gasteiger partial charge in [0.1, 0.15) is 0 Å². The molecule has 6 heteroatoms. The third-order valence-electron chi connectivity index (χ3n) is 3.06. The number of aryl methyl sites for hydroxylation is 1. The number of phenols is 1.